The summed E-state index contributed by atoms with van der Waals surface area (Å²) in [6.07, 6.45) is 5.70. The van der Waals surface area contributed by atoms with Gasteiger partial charge in [-0.25, -0.2) is 0 Å². The second-order valence-electron chi connectivity index (χ2n) is 6.18. The Hall–Kier alpha value is -2.54. The molecule has 0 radical (unpaired) electrons. The van der Waals surface area contributed by atoms with Crippen LogP contribution in [-0.2, 0) is 17.8 Å². The second-order valence-corrected chi connectivity index (χ2v) is 6.18. The van der Waals surface area contributed by atoms with Gasteiger partial charge in [0.1, 0.15) is 0 Å². The Kier molecular flexibility index (Phi) is 5.23. The number of amides is 1. The van der Waals surface area contributed by atoms with Crippen LogP contribution < -0.4 is 5.32 Å². The van der Waals surface area contributed by atoms with Crippen LogP contribution in [0.5, 0.6) is 0 Å². The van der Waals surface area contributed by atoms with Crippen molar-refractivity contribution >= 4 is 11.6 Å². The highest BCUT2D eigenvalue weighted by atomic mass is 16.1. The van der Waals surface area contributed by atoms with Crippen molar-refractivity contribution in [2.75, 3.05) is 5.32 Å². The molecule has 0 spiro atoms. The highest BCUT2D eigenvalue weighted by molar-refractivity contribution is 5.92. The third-order valence-corrected chi connectivity index (χ3v) is 3.72. The molecule has 1 aromatic carbocycles. The minimum atomic E-state index is -0.0607. The molecule has 2 rings (SSSR count). The molecule has 0 saturated carbocycles. The molecule has 1 heterocycles. The first-order valence-electron chi connectivity index (χ1n) is 7.80. The Labute approximate surface area is 137 Å². The smallest absolute Gasteiger partial charge is 0.228 e. The van der Waals surface area contributed by atoms with Gasteiger partial charge in [-0.15, -0.1) is 6.42 Å². The maximum absolute atomic E-state index is 12.3. The molecule has 0 fully saturated rings. The number of aromatic nitrogens is 2. The first-order valence-corrected chi connectivity index (χ1v) is 7.80. The topological polar surface area (TPSA) is 46.9 Å². The Balaban J connectivity index is 2.11. The van der Waals surface area contributed by atoms with E-state index in [1.165, 1.54) is 0 Å². The third-order valence-electron chi connectivity index (χ3n) is 3.72. The standard InChI is InChI=1S/C19H23N3O/c1-6-16-8-7-9-17(10-16)20-19(23)11-18-14(4)21-22(15(18)5)12-13(2)3/h1,7-10,13H,11-12H2,2-5H3,(H,20,23). The average Bonchev–Trinajstić information content (AvgIpc) is 2.74. The van der Waals surface area contributed by atoms with Crippen molar-refractivity contribution in [3.63, 3.8) is 0 Å². The minimum Gasteiger partial charge on any atom is -0.326 e. The molecule has 0 aliphatic carbocycles. The van der Waals surface area contributed by atoms with Crippen LogP contribution in [0, 0.1) is 32.1 Å². The first kappa shape index (κ1) is 16.8. The zero-order valence-corrected chi connectivity index (χ0v) is 14.2. The molecule has 2 aromatic rings. The molecule has 23 heavy (non-hydrogen) atoms. The van der Waals surface area contributed by atoms with E-state index in [0.717, 1.165) is 34.7 Å². The number of benzene rings is 1. The zero-order valence-electron chi connectivity index (χ0n) is 14.2. The maximum Gasteiger partial charge on any atom is 0.228 e. The van der Waals surface area contributed by atoms with Crippen LogP contribution in [0.2, 0.25) is 0 Å². The van der Waals surface area contributed by atoms with Gasteiger partial charge < -0.3 is 5.32 Å². The monoisotopic (exact) mass is 309 g/mol. The molecule has 0 aliphatic rings. The lowest BCUT2D eigenvalue weighted by atomic mass is 10.1. The first-order chi connectivity index (χ1) is 10.9. The lowest BCUT2D eigenvalue weighted by Crippen LogP contribution is -2.15. The number of anilines is 1. The number of carbonyl (C=O) groups excluding carboxylic acids is 1. The van der Waals surface area contributed by atoms with Gasteiger partial charge in [0.25, 0.3) is 0 Å². The Morgan fingerprint density at radius 2 is 2.13 bits per heavy atom. The number of carbonyl (C=O) groups is 1. The Morgan fingerprint density at radius 1 is 1.39 bits per heavy atom. The van der Waals surface area contributed by atoms with Gasteiger partial charge >= 0.3 is 0 Å². The molecule has 0 atom stereocenters. The van der Waals surface area contributed by atoms with Crippen molar-refractivity contribution in [2.24, 2.45) is 5.92 Å². The van der Waals surface area contributed by atoms with Crippen LogP contribution in [-0.4, -0.2) is 15.7 Å². The van der Waals surface area contributed by atoms with E-state index in [-0.39, 0.29) is 5.91 Å². The predicted octanol–water partition coefficient (Wildman–Crippen LogP) is 3.32. The molecule has 4 heteroatoms. The van der Waals surface area contributed by atoms with Crippen molar-refractivity contribution in [2.45, 2.75) is 40.7 Å². The summed E-state index contributed by atoms with van der Waals surface area (Å²) in [5, 5.41) is 7.45. The summed E-state index contributed by atoms with van der Waals surface area (Å²) in [4.78, 5) is 12.3. The highest BCUT2D eigenvalue weighted by Crippen LogP contribution is 2.17. The number of terminal acetylenes is 1. The van der Waals surface area contributed by atoms with Gasteiger partial charge in [-0.3, -0.25) is 9.48 Å². The highest BCUT2D eigenvalue weighted by Gasteiger charge is 2.15. The lowest BCUT2D eigenvalue weighted by molar-refractivity contribution is -0.115. The van der Waals surface area contributed by atoms with Crippen LogP contribution in [0.4, 0.5) is 5.69 Å². The molecule has 0 unspecified atom stereocenters. The summed E-state index contributed by atoms with van der Waals surface area (Å²) in [5.74, 6) is 3.02. The quantitative estimate of drug-likeness (QED) is 0.861. The number of rotatable bonds is 5. The second kappa shape index (κ2) is 7.15. The van der Waals surface area contributed by atoms with Gasteiger partial charge in [0.15, 0.2) is 0 Å². The normalized spacial score (nSPS) is 10.6. The lowest BCUT2D eigenvalue weighted by Gasteiger charge is -2.08. The van der Waals surface area contributed by atoms with E-state index < -0.39 is 0 Å². The van der Waals surface area contributed by atoms with Gasteiger partial charge in [0, 0.05) is 29.1 Å². The van der Waals surface area contributed by atoms with E-state index in [1.807, 2.05) is 36.7 Å². The van der Waals surface area contributed by atoms with Gasteiger partial charge in [-0.05, 0) is 38.0 Å². The van der Waals surface area contributed by atoms with Gasteiger partial charge in [0.2, 0.25) is 5.91 Å². The Bertz CT molecular complexity index is 750. The summed E-state index contributed by atoms with van der Waals surface area (Å²) >= 11 is 0. The maximum atomic E-state index is 12.3. The molecule has 0 aliphatic heterocycles. The van der Waals surface area contributed by atoms with Crippen LogP contribution >= 0.6 is 0 Å². The minimum absolute atomic E-state index is 0.0607. The van der Waals surface area contributed by atoms with Crippen molar-refractivity contribution in [1.29, 1.82) is 0 Å². The van der Waals surface area contributed by atoms with Crippen LogP contribution in [0.15, 0.2) is 24.3 Å². The summed E-state index contributed by atoms with van der Waals surface area (Å²) in [6.45, 7) is 9.14. The van der Waals surface area contributed by atoms with Crippen LogP contribution in [0.3, 0.4) is 0 Å². The SMILES string of the molecule is C#Cc1cccc(NC(=O)Cc2c(C)nn(CC(C)C)c2C)c1. The Morgan fingerprint density at radius 3 is 2.78 bits per heavy atom. The van der Waals surface area contributed by atoms with Crippen LogP contribution in [0.1, 0.15) is 36.4 Å². The molecular weight excluding hydrogens is 286 g/mol. The predicted molar refractivity (Wildman–Crippen MR) is 93.2 cm³/mol. The average molecular weight is 309 g/mol. The molecule has 4 nitrogen and oxygen atoms in total. The molecule has 0 saturated heterocycles. The van der Waals surface area contributed by atoms with Gasteiger partial charge in [-0.2, -0.15) is 5.10 Å². The van der Waals surface area contributed by atoms with E-state index in [0.29, 0.717) is 12.3 Å². The molecule has 1 N–H and O–H groups in total. The molecular formula is C19H23N3O. The van der Waals surface area contributed by atoms with E-state index in [1.54, 1.807) is 6.07 Å². The fraction of sp³-hybridized carbons (Fsp3) is 0.368. The molecule has 1 aromatic heterocycles. The van der Waals surface area contributed by atoms with Gasteiger partial charge in [-0.1, -0.05) is 25.8 Å². The van der Waals surface area contributed by atoms with Crippen LogP contribution in [0.25, 0.3) is 0 Å². The van der Waals surface area contributed by atoms with Crippen molar-refractivity contribution in [3.05, 3.63) is 46.8 Å². The molecule has 120 valence electrons. The van der Waals surface area contributed by atoms with Crippen molar-refractivity contribution < 1.29 is 4.79 Å². The fourth-order valence-electron chi connectivity index (χ4n) is 2.57. The molecule has 0 bridgehead atoms. The number of hydrogen-bond acceptors (Lipinski definition) is 2. The fourth-order valence-corrected chi connectivity index (χ4v) is 2.57. The van der Waals surface area contributed by atoms with E-state index in [4.69, 9.17) is 6.42 Å². The summed E-state index contributed by atoms with van der Waals surface area (Å²) < 4.78 is 1.99. The van der Waals surface area contributed by atoms with E-state index in [2.05, 4.69) is 30.2 Å². The summed E-state index contributed by atoms with van der Waals surface area (Å²) in [5.41, 5.74) is 4.44. The van der Waals surface area contributed by atoms with Crippen molar-refractivity contribution in [3.8, 4) is 12.3 Å². The number of aryl methyl sites for hydroxylation is 1. The third kappa shape index (κ3) is 4.23. The van der Waals surface area contributed by atoms with E-state index >= 15 is 0 Å². The largest absolute Gasteiger partial charge is 0.326 e. The summed E-state index contributed by atoms with van der Waals surface area (Å²) in [6, 6.07) is 7.29. The zero-order chi connectivity index (χ0) is 17.0. The number of hydrogen-bond donors (Lipinski definition) is 1. The van der Waals surface area contributed by atoms with E-state index in [9.17, 15) is 4.79 Å². The van der Waals surface area contributed by atoms with Gasteiger partial charge in [0.05, 0.1) is 12.1 Å². The van der Waals surface area contributed by atoms with Crippen molar-refractivity contribution in [1.82, 2.24) is 9.78 Å². The number of nitrogens with one attached hydrogen (secondary N) is 1. The molecule has 1 amide bonds. The summed E-state index contributed by atoms with van der Waals surface area (Å²) in [7, 11) is 0. The number of nitrogens with zero attached hydrogens (tertiary/aromatic N) is 2.